The molecular weight excluding hydrogens is 219 g/mol. The number of benzene rings is 1. The molecule has 1 aromatic carbocycles. The standard InChI is InChI=1S/C11H10Cl2O/c12-9-4-2-1-3-8(9)7-11(5-6-11)10(13)14/h1-4H,5-7H2. The van der Waals surface area contributed by atoms with Crippen molar-refractivity contribution in [2.45, 2.75) is 19.3 Å². The topological polar surface area (TPSA) is 17.1 Å². The Kier molecular flexibility index (Phi) is 2.54. The molecule has 2 rings (SSSR count). The highest BCUT2D eigenvalue weighted by atomic mass is 35.5. The summed E-state index contributed by atoms with van der Waals surface area (Å²) in [6.07, 6.45) is 2.45. The fourth-order valence-electron chi connectivity index (χ4n) is 1.60. The molecule has 0 saturated heterocycles. The average Bonchev–Trinajstić information content (AvgIpc) is 2.90. The van der Waals surface area contributed by atoms with Gasteiger partial charge in [-0.2, -0.15) is 0 Å². The minimum Gasteiger partial charge on any atom is -0.281 e. The maximum Gasteiger partial charge on any atom is 0.228 e. The van der Waals surface area contributed by atoms with Gasteiger partial charge in [0.15, 0.2) is 0 Å². The van der Waals surface area contributed by atoms with E-state index in [1.165, 1.54) is 0 Å². The van der Waals surface area contributed by atoms with Crippen molar-refractivity contribution in [2.24, 2.45) is 5.41 Å². The van der Waals surface area contributed by atoms with Crippen LogP contribution in [0.2, 0.25) is 5.02 Å². The van der Waals surface area contributed by atoms with Gasteiger partial charge in [0.05, 0.1) is 0 Å². The Labute approximate surface area is 93.0 Å². The predicted molar refractivity (Wildman–Crippen MR) is 57.7 cm³/mol. The van der Waals surface area contributed by atoms with Crippen LogP contribution in [0.25, 0.3) is 0 Å². The molecule has 1 aromatic rings. The largest absolute Gasteiger partial charge is 0.281 e. The minimum atomic E-state index is -0.313. The van der Waals surface area contributed by atoms with E-state index in [1.807, 2.05) is 24.3 Å². The van der Waals surface area contributed by atoms with E-state index in [1.54, 1.807) is 0 Å². The smallest absolute Gasteiger partial charge is 0.228 e. The van der Waals surface area contributed by atoms with Gasteiger partial charge in [0.2, 0.25) is 5.24 Å². The van der Waals surface area contributed by atoms with Crippen LogP contribution in [-0.4, -0.2) is 5.24 Å². The highest BCUT2D eigenvalue weighted by Gasteiger charge is 2.48. The summed E-state index contributed by atoms with van der Waals surface area (Å²) >= 11 is 11.6. The predicted octanol–water partition coefficient (Wildman–Crippen LogP) is 3.43. The van der Waals surface area contributed by atoms with Gasteiger partial charge in [-0.1, -0.05) is 29.8 Å². The number of carbonyl (C=O) groups excluding carboxylic acids is 1. The second kappa shape index (κ2) is 3.56. The molecule has 3 heteroatoms. The molecule has 0 radical (unpaired) electrons. The summed E-state index contributed by atoms with van der Waals surface area (Å²) in [7, 11) is 0. The highest BCUT2D eigenvalue weighted by Crippen LogP contribution is 2.50. The zero-order valence-corrected chi connectivity index (χ0v) is 9.11. The summed E-state index contributed by atoms with van der Waals surface area (Å²) in [6, 6.07) is 7.60. The van der Waals surface area contributed by atoms with Crippen LogP contribution in [-0.2, 0) is 11.2 Å². The zero-order valence-electron chi connectivity index (χ0n) is 7.59. The van der Waals surface area contributed by atoms with Crippen molar-refractivity contribution in [3.05, 3.63) is 34.9 Å². The number of rotatable bonds is 3. The van der Waals surface area contributed by atoms with E-state index in [4.69, 9.17) is 23.2 Å². The van der Waals surface area contributed by atoms with Gasteiger partial charge in [-0.05, 0) is 42.5 Å². The van der Waals surface area contributed by atoms with Crippen molar-refractivity contribution in [1.29, 1.82) is 0 Å². The van der Waals surface area contributed by atoms with E-state index in [0.29, 0.717) is 6.42 Å². The van der Waals surface area contributed by atoms with E-state index in [0.717, 1.165) is 23.4 Å². The third-order valence-corrected chi connectivity index (χ3v) is 3.53. The fourth-order valence-corrected chi connectivity index (χ4v) is 2.06. The molecule has 14 heavy (non-hydrogen) atoms. The lowest BCUT2D eigenvalue weighted by Gasteiger charge is -2.10. The summed E-state index contributed by atoms with van der Waals surface area (Å²) in [5, 5.41) is 0.495. The van der Waals surface area contributed by atoms with Gasteiger partial charge < -0.3 is 0 Å². The van der Waals surface area contributed by atoms with Gasteiger partial charge in [0.1, 0.15) is 0 Å². The van der Waals surface area contributed by atoms with E-state index in [2.05, 4.69) is 0 Å². The first-order valence-electron chi connectivity index (χ1n) is 4.57. The lowest BCUT2D eigenvalue weighted by Crippen LogP contribution is -2.13. The van der Waals surface area contributed by atoms with E-state index in [9.17, 15) is 4.79 Å². The molecule has 1 nitrogen and oxygen atoms in total. The molecule has 1 aliphatic carbocycles. The van der Waals surface area contributed by atoms with Crippen LogP contribution in [0.3, 0.4) is 0 Å². The summed E-state index contributed by atoms with van der Waals surface area (Å²) in [5.41, 5.74) is 0.702. The van der Waals surface area contributed by atoms with Crippen molar-refractivity contribution in [3.8, 4) is 0 Å². The fraction of sp³-hybridized carbons (Fsp3) is 0.364. The molecule has 0 heterocycles. The molecule has 74 valence electrons. The molecule has 1 saturated carbocycles. The van der Waals surface area contributed by atoms with Crippen LogP contribution in [0.5, 0.6) is 0 Å². The Hall–Kier alpha value is -0.530. The lowest BCUT2D eigenvalue weighted by molar-refractivity contribution is -0.116. The Balaban J connectivity index is 2.19. The zero-order chi connectivity index (χ0) is 10.2. The van der Waals surface area contributed by atoms with E-state index in [-0.39, 0.29) is 10.7 Å². The van der Waals surface area contributed by atoms with Gasteiger partial charge in [0, 0.05) is 10.4 Å². The van der Waals surface area contributed by atoms with Crippen LogP contribution in [0, 0.1) is 5.41 Å². The lowest BCUT2D eigenvalue weighted by atomic mass is 9.98. The second-order valence-electron chi connectivity index (χ2n) is 3.82. The molecular formula is C11H10Cl2O. The maximum atomic E-state index is 11.2. The van der Waals surface area contributed by atoms with Gasteiger partial charge >= 0.3 is 0 Å². The van der Waals surface area contributed by atoms with Crippen molar-refractivity contribution in [2.75, 3.05) is 0 Å². The normalized spacial score (nSPS) is 17.9. The van der Waals surface area contributed by atoms with Gasteiger partial charge in [0.25, 0.3) is 0 Å². The molecule has 1 aliphatic rings. The number of carbonyl (C=O) groups is 1. The molecule has 0 aliphatic heterocycles. The van der Waals surface area contributed by atoms with Crippen LogP contribution >= 0.6 is 23.2 Å². The maximum absolute atomic E-state index is 11.2. The number of halogens is 2. The first kappa shape index (κ1) is 10.0. The Bertz CT molecular complexity index is 369. The summed E-state index contributed by atoms with van der Waals surface area (Å²) < 4.78 is 0. The third kappa shape index (κ3) is 1.79. The average molecular weight is 229 g/mol. The Morgan fingerprint density at radius 1 is 1.36 bits per heavy atom. The summed E-state index contributed by atoms with van der Waals surface area (Å²) in [6.45, 7) is 0. The van der Waals surface area contributed by atoms with Crippen LogP contribution in [0.1, 0.15) is 18.4 Å². The second-order valence-corrected chi connectivity index (χ2v) is 4.57. The molecule has 0 spiro atoms. The Morgan fingerprint density at radius 3 is 2.50 bits per heavy atom. The van der Waals surface area contributed by atoms with Crippen molar-refractivity contribution < 1.29 is 4.79 Å². The third-order valence-electron chi connectivity index (χ3n) is 2.76. The van der Waals surface area contributed by atoms with Gasteiger partial charge in [-0.3, -0.25) is 4.79 Å². The molecule has 0 aromatic heterocycles. The van der Waals surface area contributed by atoms with Crippen LogP contribution in [0.4, 0.5) is 0 Å². The first-order chi connectivity index (χ1) is 6.64. The molecule has 0 unspecified atom stereocenters. The van der Waals surface area contributed by atoms with Gasteiger partial charge in [-0.15, -0.1) is 0 Å². The molecule has 0 amide bonds. The van der Waals surface area contributed by atoms with E-state index < -0.39 is 0 Å². The van der Waals surface area contributed by atoms with Gasteiger partial charge in [-0.25, -0.2) is 0 Å². The Morgan fingerprint density at radius 2 is 2.00 bits per heavy atom. The number of hydrogen-bond acceptors (Lipinski definition) is 1. The quantitative estimate of drug-likeness (QED) is 0.725. The highest BCUT2D eigenvalue weighted by molar-refractivity contribution is 6.65. The van der Waals surface area contributed by atoms with Crippen molar-refractivity contribution in [3.63, 3.8) is 0 Å². The molecule has 0 bridgehead atoms. The summed E-state index contributed by atoms with van der Waals surface area (Å²) in [4.78, 5) is 11.2. The monoisotopic (exact) mass is 228 g/mol. The van der Waals surface area contributed by atoms with Crippen molar-refractivity contribution >= 4 is 28.4 Å². The van der Waals surface area contributed by atoms with Crippen molar-refractivity contribution in [1.82, 2.24) is 0 Å². The minimum absolute atomic E-state index is 0.225. The van der Waals surface area contributed by atoms with Crippen LogP contribution in [0.15, 0.2) is 24.3 Å². The molecule has 0 N–H and O–H groups in total. The summed E-state index contributed by atoms with van der Waals surface area (Å²) in [5.74, 6) is 0. The SMILES string of the molecule is O=C(Cl)C1(Cc2ccccc2Cl)CC1. The van der Waals surface area contributed by atoms with Crippen LogP contribution < -0.4 is 0 Å². The first-order valence-corrected chi connectivity index (χ1v) is 5.33. The molecule has 1 fully saturated rings. The number of hydrogen-bond donors (Lipinski definition) is 0. The van der Waals surface area contributed by atoms with E-state index >= 15 is 0 Å². The molecule has 0 atom stereocenters.